The van der Waals surface area contributed by atoms with Crippen molar-refractivity contribution in [2.75, 3.05) is 0 Å². The highest BCUT2D eigenvalue weighted by Gasteiger charge is 2.03. The van der Waals surface area contributed by atoms with Crippen molar-refractivity contribution in [2.45, 2.75) is 19.6 Å². The molecule has 0 fully saturated rings. The fraction of sp³-hybridized carbons (Fsp3) is 0.273. The summed E-state index contributed by atoms with van der Waals surface area (Å²) in [7, 11) is 0. The Morgan fingerprint density at radius 2 is 2.21 bits per heavy atom. The minimum Gasteiger partial charge on any atom is -0.392 e. The van der Waals surface area contributed by atoms with Gasteiger partial charge >= 0.3 is 0 Å². The van der Waals surface area contributed by atoms with Gasteiger partial charge in [-0.2, -0.15) is 0 Å². The van der Waals surface area contributed by atoms with Crippen molar-refractivity contribution in [1.29, 1.82) is 0 Å². The van der Waals surface area contributed by atoms with Crippen molar-refractivity contribution in [2.24, 2.45) is 0 Å². The molecule has 0 saturated carbocycles. The van der Waals surface area contributed by atoms with Gasteiger partial charge < -0.3 is 9.67 Å². The number of hydrogen-bond donors (Lipinski definition) is 1. The Morgan fingerprint density at radius 3 is 2.93 bits per heavy atom. The molecule has 0 amide bonds. The van der Waals surface area contributed by atoms with Gasteiger partial charge in [0.05, 0.1) is 6.10 Å². The summed E-state index contributed by atoms with van der Waals surface area (Å²) < 4.78 is 2.02. The zero-order chi connectivity index (χ0) is 10.1. The normalized spacial score (nSPS) is 13.4. The van der Waals surface area contributed by atoms with Gasteiger partial charge in [0.1, 0.15) is 0 Å². The number of halogens is 1. The van der Waals surface area contributed by atoms with E-state index in [1.165, 1.54) is 0 Å². The number of benzene rings is 1. The Balaban J connectivity index is 2.47. The lowest BCUT2D eigenvalue weighted by molar-refractivity contribution is 0.175. The van der Waals surface area contributed by atoms with E-state index < -0.39 is 0 Å². The second-order valence-corrected chi connectivity index (χ2v) is 3.96. The van der Waals surface area contributed by atoms with Gasteiger partial charge in [0.15, 0.2) is 0 Å². The van der Waals surface area contributed by atoms with E-state index in [4.69, 9.17) is 11.6 Å². The zero-order valence-corrected chi connectivity index (χ0v) is 8.70. The standard InChI is InChI=1S/C11H12ClNO/c1-8(14)7-13-5-4-9-6-10(12)2-3-11(9)13/h2-6,8,14H,7H2,1H3. The first-order chi connectivity index (χ1) is 6.66. The van der Waals surface area contributed by atoms with E-state index in [0.717, 1.165) is 15.9 Å². The zero-order valence-electron chi connectivity index (χ0n) is 7.94. The van der Waals surface area contributed by atoms with Crippen molar-refractivity contribution in [3.8, 4) is 0 Å². The van der Waals surface area contributed by atoms with Crippen LogP contribution in [-0.4, -0.2) is 15.8 Å². The topological polar surface area (TPSA) is 25.2 Å². The fourth-order valence-corrected chi connectivity index (χ4v) is 1.80. The Kier molecular flexibility index (Phi) is 2.48. The van der Waals surface area contributed by atoms with Gasteiger partial charge in [-0.15, -0.1) is 0 Å². The van der Waals surface area contributed by atoms with Crippen LogP contribution in [0.3, 0.4) is 0 Å². The minimum absolute atomic E-state index is 0.332. The Labute approximate surface area is 87.7 Å². The number of nitrogens with zero attached hydrogens (tertiary/aromatic N) is 1. The Bertz CT molecular complexity index is 447. The van der Waals surface area contributed by atoms with E-state index in [1.807, 2.05) is 35.0 Å². The molecule has 0 spiro atoms. The minimum atomic E-state index is -0.332. The van der Waals surface area contributed by atoms with Crippen LogP contribution in [0, 0.1) is 0 Å². The number of rotatable bonds is 2. The van der Waals surface area contributed by atoms with Crippen LogP contribution in [0.2, 0.25) is 5.02 Å². The molecule has 0 bridgehead atoms. The van der Waals surface area contributed by atoms with Gasteiger partial charge in [0.25, 0.3) is 0 Å². The molecule has 3 heteroatoms. The molecule has 0 aliphatic rings. The SMILES string of the molecule is CC(O)Cn1ccc2cc(Cl)ccc21. The summed E-state index contributed by atoms with van der Waals surface area (Å²) in [5.41, 5.74) is 1.11. The van der Waals surface area contributed by atoms with Gasteiger partial charge in [-0.05, 0) is 31.2 Å². The first kappa shape index (κ1) is 9.56. The van der Waals surface area contributed by atoms with E-state index in [9.17, 15) is 5.11 Å². The molecule has 2 aromatic rings. The molecule has 1 N–H and O–H groups in total. The van der Waals surface area contributed by atoms with E-state index in [0.29, 0.717) is 6.54 Å². The van der Waals surface area contributed by atoms with Crippen LogP contribution >= 0.6 is 11.6 Å². The molecule has 0 aliphatic heterocycles. The van der Waals surface area contributed by atoms with Crippen LogP contribution in [0.15, 0.2) is 30.5 Å². The molecular weight excluding hydrogens is 198 g/mol. The highest BCUT2D eigenvalue weighted by atomic mass is 35.5. The van der Waals surface area contributed by atoms with Crippen molar-refractivity contribution < 1.29 is 5.11 Å². The van der Waals surface area contributed by atoms with Gasteiger partial charge in [-0.3, -0.25) is 0 Å². The summed E-state index contributed by atoms with van der Waals surface area (Å²) in [5.74, 6) is 0. The maximum atomic E-state index is 9.29. The number of fused-ring (bicyclic) bond motifs is 1. The first-order valence-corrected chi connectivity index (χ1v) is 4.97. The quantitative estimate of drug-likeness (QED) is 0.809. The second kappa shape index (κ2) is 3.64. The first-order valence-electron chi connectivity index (χ1n) is 4.59. The van der Waals surface area contributed by atoms with E-state index in [-0.39, 0.29) is 6.10 Å². The summed E-state index contributed by atoms with van der Waals surface area (Å²) in [6.45, 7) is 2.40. The van der Waals surface area contributed by atoms with Gasteiger partial charge in [-0.1, -0.05) is 11.6 Å². The Morgan fingerprint density at radius 1 is 1.43 bits per heavy atom. The lowest BCUT2D eigenvalue weighted by Gasteiger charge is -2.07. The summed E-state index contributed by atoms with van der Waals surface area (Å²) in [4.78, 5) is 0. The number of aromatic nitrogens is 1. The average Bonchev–Trinajstić information content (AvgIpc) is 2.47. The molecule has 0 radical (unpaired) electrons. The van der Waals surface area contributed by atoms with Crippen molar-refractivity contribution in [3.05, 3.63) is 35.5 Å². The molecule has 1 atom stereocenters. The highest BCUT2D eigenvalue weighted by molar-refractivity contribution is 6.31. The number of aliphatic hydroxyl groups excluding tert-OH is 1. The molecule has 74 valence electrons. The monoisotopic (exact) mass is 209 g/mol. The second-order valence-electron chi connectivity index (χ2n) is 3.52. The molecule has 0 aliphatic carbocycles. The van der Waals surface area contributed by atoms with Crippen LogP contribution in [0.25, 0.3) is 10.9 Å². The molecule has 0 saturated heterocycles. The molecule has 1 aromatic heterocycles. The number of hydrogen-bond acceptors (Lipinski definition) is 1. The molecule has 2 nitrogen and oxygen atoms in total. The largest absolute Gasteiger partial charge is 0.392 e. The third-order valence-corrected chi connectivity index (χ3v) is 2.43. The van der Waals surface area contributed by atoms with Gasteiger partial charge in [0.2, 0.25) is 0 Å². The van der Waals surface area contributed by atoms with Gasteiger partial charge in [0, 0.05) is 28.7 Å². The van der Waals surface area contributed by atoms with Crippen LogP contribution in [0.1, 0.15) is 6.92 Å². The van der Waals surface area contributed by atoms with E-state index >= 15 is 0 Å². The van der Waals surface area contributed by atoms with E-state index in [2.05, 4.69) is 0 Å². The van der Waals surface area contributed by atoms with E-state index in [1.54, 1.807) is 6.92 Å². The predicted molar refractivity (Wildman–Crippen MR) is 58.6 cm³/mol. The lowest BCUT2D eigenvalue weighted by atomic mass is 10.2. The van der Waals surface area contributed by atoms with Crippen molar-refractivity contribution in [1.82, 2.24) is 4.57 Å². The summed E-state index contributed by atoms with van der Waals surface area (Å²) in [6.07, 6.45) is 1.63. The lowest BCUT2D eigenvalue weighted by Crippen LogP contribution is -2.10. The third kappa shape index (κ3) is 1.76. The molecule has 1 aromatic carbocycles. The smallest absolute Gasteiger partial charge is 0.0691 e. The summed E-state index contributed by atoms with van der Waals surface area (Å²) in [6, 6.07) is 7.77. The van der Waals surface area contributed by atoms with Crippen LogP contribution < -0.4 is 0 Å². The van der Waals surface area contributed by atoms with Crippen molar-refractivity contribution in [3.63, 3.8) is 0 Å². The van der Waals surface area contributed by atoms with Crippen LogP contribution in [0.4, 0.5) is 0 Å². The van der Waals surface area contributed by atoms with Crippen LogP contribution in [0.5, 0.6) is 0 Å². The summed E-state index contributed by atoms with van der Waals surface area (Å²) in [5, 5.41) is 11.1. The average molecular weight is 210 g/mol. The fourth-order valence-electron chi connectivity index (χ4n) is 1.61. The molecule has 1 unspecified atom stereocenters. The van der Waals surface area contributed by atoms with Crippen LogP contribution in [-0.2, 0) is 6.54 Å². The van der Waals surface area contributed by atoms with Gasteiger partial charge in [-0.25, -0.2) is 0 Å². The molecular formula is C11H12ClNO. The maximum Gasteiger partial charge on any atom is 0.0691 e. The third-order valence-electron chi connectivity index (χ3n) is 2.19. The molecule has 2 rings (SSSR count). The number of aliphatic hydroxyl groups is 1. The van der Waals surface area contributed by atoms with Crippen molar-refractivity contribution >= 4 is 22.5 Å². The predicted octanol–water partition coefficient (Wildman–Crippen LogP) is 2.68. The Hall–Kier alpha value is -0.990. The molecule has 1 heterocycles. The summed E-state index contributed by atoms with van der Waals surface area (Å²) >= 11 is 5.88. The highest BCUT2D eigenvalue weighted by Crippen LogP contribution is 2.20. The molecule has 14 heavy (non-hydrogen) atoms. The maximum absolute atomic E-state index is 9.29.